The van der Waals surface area contributed by atoms with Crippen molar-refractivity contribution in [2.45, 2.75) is 18.9 Å². The quantitative estimate of drug-likeness (QED) is 0.867. The Labute approximate surface area is 116 Å². The molecule has 1 aliphatic heterocycles. The fourth-order valence-corrected chi connectivity index (χ4v) is 2.40. The molecule has 2 amide bonds. The van der Waals surface area contributed by atoms with Crippen LogP contribution in [0.4, 0.5) is 5.69 Å². The van der Waals surface area contributed by atoms with Gasteiger partial charge < -0.3 is 15.3 Å². The highest BCUT2D eigenvalue weighted by Gasteiger charge is 2.31. The second kappa shape index (κ2) is 6.04. The molecule has 1 aromatic carbocycles. The van der Waals surface area contributed by atoms with E-state index in [0.29, 0.717) is 23.7 Å². The molecule has 1 unspecified atom stereocenters. The van der Waals surface area contributed by atoms with Crippen molar-refractivity contribution < 1.29 is 14.7 Å². The van der Waals surface area contributed by atoms with E-state index in [2.05, 4.69) is 5.32 Å². The summed E-state index contributed by atoms with van der Waals surface area (Å²) in [6.45, 7) is -0.0378. The number of aliphatic hydroxyl groups excluding tert-OH is 1. The Kier molecular flexibility index (Phi) is 4.39. The standard InChI is InChI=1S/C13H15ClN2O3/c14-9-4-1-2-6-11(9)16-7-3-5-10(13(16)19)15-12(18)8-17/h1-2,4,6,10,17H,3,5,7-8H2,(H,15,18). The van der Waals surface area contributed by atoms with Gasteiger partial charge in [0.2, 0.25) is 11.8 Å². The molecular weight excluding hydrogens is 268 g/mol. The number of hydrogen-bond acceptors (Lipinski definition) is 3. The van der Waals surface area contributed by atoms with Gasteiger partial charge in [-0.25, -0.2) is 0 Å². The van der Waals surface area contributed by atoms with Crippen LogP contribution < -0.4 is 10.2 Å². The zero-order valence-electron chi connectivity index (χ0n) is 10.3. The van der Waals surface area contributed by atoms with E-state index in [0.717, 1.165) is 6.42 Å². The third-order valence-electron chi connectivity index (χ3n) is 3.06. The smallest absolute Gasteiger partial charge is 0.249 e. The van der Waals surface area contributed by atoms with E-state index in [9.17, 15) is 9.59 Å². The highest BCUT2D eigenvalue weighted by Crippen LogP contribution is 2.28. The summed E-state index contributed by atoms with van der Waals surface area (Å²) in [5.41, 5.74) is 0.650. The first-order valence-corrected chi connectivity index (χ1v) is 6.47. The molecule has 2 N–H and O–H groups in total. The van der Waals surface area contributed by atoms with E-state index in [-0.39, 0.29) is 5.91 Å². The van der Waals surface area contributed by atoms with Gasteiger partial charge in [0.05, 0.1) is 10.7 Å². The van der Waals surface area contributed by atoms with Gasteiger partial charge in [0.15, 0.2) is 0 Å². The molecule has 0 aromatic heterocycles. The van der Waals surface area contributed by atoms with Crippen molar-refractivity contribution in [3.8, 4) is 0 Å². The lowest BCUT2D eigenvalue weighted by molar-refractivity contribution is -0.130. The van der Waals surface area contributed by atoms with Crippen LogP contribution in [0.15, 0.2) is 24.3 Å². The lowest BCUT2D eigenvalue weighted by atomic mass is 10.0. The van der Waals surface area contributed by atoms with Crippen LogP contribution in [0.5, 0.6) is 0 Å². The van der Waals surface area contributed by atoms with E-state index in [1.165, 1.54) is 0 Å². The Morgan fingerprint density at radius 3 is 2.89 bits per heavy atom. The number of aliphatic hydroxyl groups is 1. The molecule has 1 fully saturated rings. The van der Waals surface area contributed by atoms with Gasteiger partial charge in [-0.3, -0.25) is 9.59 Å². The van der Waals surface area contributed by atoms with Crippen LogP contribution in [0, 0.1) is 0 Å². The molecule has 1 aliphatic rings. The van der Waals surface area contributed by atoms with Crippen LogP contribution in [0.3, 0.4) is 0 Å². The van der Waals surface area contributed by atoms with E-state index < -0.39 is 18.6 Å². The van der Waals surface area contributed by atoms with Gasteiger partial charge in [-0.2, -0.15) is 0 Å². The van der Waals surface area contributed by atoms with Crippen molar-refractivity contribution in [3.63, 3.8) is 0 Å². The van der Waals surface area contributed by atoms with Crippen molar-refractivity contribution >= 4 is 29.1 Å². The Bertz CT molecular complexity index is 493. The van der Waals surface area contributed by atoms with Gasteiger partial charge in [0.25, 0.3) is 0 Å². The maximum Gasteiger partial charge on any atom is 0.249 e. The molecule has 1 saturated heterocycles. The second-order valence-corrected chi connectivity index (χ2v) is 4.77. The molecule has 2 rings (SSSR count). The van der Waals surface area contributed by atoms with Crippen molar-refractivity contribution in [2.24, 2.45) is 0 Å². The zero-order chi connectivity index (χ0) is 13.8. The molecule has 1 heterocycles. The average Bonchev–Trinajstić information content (AvgIpc) is 2.42. The maximum absolute atomic E-state index is 12.3. The van der Waals surface area contributed by atoms with Crippen LogP contribution in [0.2, 0.25) is 5.02 Å². The largest absolute Gasteiger partial charge is 0.387 e. The van der Waals surface area contributed by atoms with Crippen LogP contribution in [-0.4, -0.2) is 36.1 Å². The molecule has 5 nitrogen and oxygen atoms in total. The third kappa shape index (κ3) is 3.05. The molecule has 0 spiro atoms. The molecule has 19 heavy (non-hydrogen) atoms. The summed E-state index contributed by atoms with van der Waals surface area (Å²) >= 11 is 6.08. The molecule has 1 atom stereocenters. The number of para-hydroxylation sites is 1. The second-order valence-electron chi connectivity index (χ2n) is 4.36. The van der Waals surface area contributed by atoms with Crippen LogP contribution in [-0.2, 0) is 9.59 Å². The van der Waals surface area contributed by atoms with Crippen LogP contribution in [0.1, 0.15) is 12.8 Å². The first kappa shape index (κ1) is 13.8. The molecule has 0 radical (unpaired) electrons. The Morgan fingerprint density at radius 1 is 1.47 bits per heavy atom. The zero-order valence-corrected chi connectivity index (χ0v) is 11.1. The van der Waals surface area contributed by atoms with Crippen LogP contribution >= 0.6 is 11.6 Å². The minimum atomic E-state index is -0.615. The minimum absolute atomic E-state index is 0.193. The van der Waals surface area contributed by atoms with Gasteiger partial charge >= 0.3 is 0 Å². The number of anilines is 1. The van der Waals surface area contributed by atoms with E-state index in [1.54, 1.807) is 23.1 Å². The third-order valence-corrected chi connectivity index (χ3v) is 3.38. The van der Waals surface area contributed by atoms with Gasteiger partial charge in [0.1, 0.15) is 12.6 Å². The SMILES string of the molecule is O=C(CO)NC1CCCN(c2ccccc2Cl)C1=O. The number of nitrogens with one attached hydrogen (secondary N) is 1. The summed E-state index contributed by atoms with van der Waals surface area (Å²) in [5, 5.41) is 11.7. The summed E-state index contributed by atoms with van der Waals surface area (Å²) in [5.74, 6) is -0.736. The van der Waals surface area contributed by atoms with Gasteiger partial charge in [0, 0.05) is 6.54 Å². The molecule has 0 bridgehead atoms. The number of carbonyl (C=O) groups is 2. The summed E-state index contributed by atoms with van der Waals surface area (Å²) < 4.78 is 0. The number of benzene rings is 1. The Morgan fingerprint density at radius 2 is 2.21 bits per heavy atom. The predicted octanol–water partition coefficient (Wildman–Crippen LogP) is 0.944. The van der Waals surface area contributed by atoms with Crippen molar-refractivity contribution in [1.82, 2.24) is 5.32 Å². The van der Waals surface area contributed by atoms with Crippen molar-refractivity contribution in [3.05, 3.63) is 29.3 Å². The molecule has 102 valence electrons. The van der Waals surface area contributed by atoms with Gasteiger partial charge in [-0.1, -0.05) is 23.7 Å². The Hall–Kier alpha value is -1.59. The number of rotatable bonds is 3. The molecule has 6 heteroatoms. The fraction of sp³-hybridized carbons (Fsp3) is 0.385. The number of nitrogens with zero attached hydrogens (tertiary/aromatic N) is 1. The number of amides is 2. The minimum Gasteiger partial charge on any atom is -0.387 e. The topological polar surface area (TPSA) is 69.6 Å². The predicted molar refractivity (Wildman–Crippen MR) is 72.1 cm³/mol. The first-order valence-electron chi connectivity index (χ1n) is 6.09. The lowest BCUT2D eigenvalue weighted by Gasteiger charge is -2.33. The lowest BCUT2D eigenvalue weighted by Crippen LogP contribution is -2.53. The molecule has 1 aromatic rings. The van der Waals surface area contributed by atoms with E-state index in [1.807, 2.05) is 6.07 Å². The highest BCUT2D eigenvalue weighted by molar-refractivity contribution is 6.33. The van der Waals surface area contributed by atoms with Crippen molar-refractivity contribution in [1.29, 1.82) is 0 Å². The van der Waals surface area contributed by atoms with Gasteiger partial charge in [-0.05, 0) is 25.0 Å². The average molecular weight is 283 g/mol. The summed E-state index contributed by atoms with van der Waals surface area (Å²) in [4.78, 5) is 25.1. The number of hydrogen-bond donors (Lipinski definition) is 2. The summed E-state index contributed by atoms with van der Waals surface area (Å²) in [6, 6.07) is 6.51. The van der Waals surface area contributed by atoms with Crippen molar-refractivity contribution in [2.75, 3.05) is 18.1 Å². The normalized spacial score (nSPS) is 19.4. The van der Waals surface area contributed by atoms with Crippen LogP contribution in [0.25, 0.3) is 0 Å². The fourth-order valence-electron chi connectivity index (χ4n) is 2.16. The molecule has 0 saturated carbocycles. The summed E-state index contributed by atoms with van der Waals surface area (Å²) in [6.07, 6.45) is 1.35. The number of carbonyl (C=O) groups excluding carboxylic acids is 2. The highest BCUT2D eigenvalue weighted by atomic mass is 35.5. The van der Waals surface area contributed by atoms with E-state index in [4.69, 9.17) is 16.7 Å². The monoisotopic (exact) mass is 282 g/mol. The first-order chi connectivity index (χ1) is 9.13. The number of piperidine rings is 1. The molecule has 0 aliphatic carbocycles. The number of halogens is 1. The van der Waals surface area contributed by atoms with E-state index >= 15 is 0 Å². The molecular formula is C13H15ClN2O3. The summed E-state index contributed by atoms with van der Waals surface area (Å²) in [7, 11) is 0. The maximum atomic E-state index is 12.3. The Balaban J connectivity index is 2.17. The van der Waals surface area contributed by atoms with Gasteiger partial charge in [-0.15, -0.1) is 0 Å².